The SMILES string of the molecule is CC(=O)O.CC(=O)O.CC(=O)O.CC(=O)OCCO.NC(N)COCC(N)N. The normalized spacial score (nSPS) is 8.39. The summed E-state index contributed by atoms with van der Waals surface area (Å²) in [6.07, 6.45) is -0.882. The molecule has 0 radical (unpaired) electrons. The van der Waals surface area contributed by atoms with Crippen LogP contribution < -0.4 is 22.9 Å². The van der Waals surface area contributed by atoms with Gasteiger partial charge in [0.25, 0.3) is 17.9 Å². The summed E-state index contributed by atoms with van der Waals surface area (Å²) in [6.45, 7) is 5.15. The van der Waals surface area contributed by atoms with Crippen molar-refractivity contribution in [1.29, 1.82) is 0 Å². The van der Waals surface area contributed by atoms with Gasteiger partial charge in [-0.05, 0) is 0 Å². The third-order valence-corrected chi connectivity index (χ3v) is 1.02. The monoisotopic (exact) mass is 418 g/mol. The summed E-state index contributed by atoms with van der Waals surface area (Å²) in [4.78, 5) is 36.9. The minimum Gasteiger partial charge on any atom is -0.481 e. The zero-order valence-electron chi connectivity index (χ0n) is 16.5. The van der Waals surface area contributed by atoms with Crippen molar-refractivity contribution in [2.45, 2.75) is 40.0 Å². The number of nitrogens with two attached hydrogens (primary N) is 4. The first-order valence-corrected chi connectivity index (χ1v) is 7.52. The molecule has 14 heteroatoms. The minimum absolute atomic E-state index is 0.0976. The summed E-state index contributed by atoms with van der Waals surface area (Å²) < 4.78 is 9.16. The third-order valence-electron chi connectivity index (χ3n) is 1.02. The van der Waals surface area contributed by atoms with Gasteiger partial charge in [-0.15, -0.1) is 0 Å². The van der Waals surface area contributed by atoms with Crippen LogP contribution in [0, 0.1) is 0 Å². The molecule has 0 amide bonds. The highest BCUT2D eigenvalue weighted by Gasteiger charge is 1.95. The Hall–Kier alpha value is -2.36. The highest BCUT2D eigenvalue weighted by atomic mass is 16.5. The van der Waals surface area contributed by atoms with Crippen LogP contribution in [0.2, 0.25) is 0 Å². The molecule has 0 atom stereocenters. The number of rotatable bonds is 6. The van der Waals surface area contributed by atoms with Gasteiger partial charge >= 0.3 is 5.97 Å². The molecule has 0 heterocycles. The number of aliphatic hydroxyl groups is 1. The van der Waals surface area contributed by atoms with Crippen molar-refractivity contribution in [1.82, 2.24) is 0 Å². The molecule has 14 nitrogen and oxygen atoms in total. The van der Waals surface area contributed by atoms with Gasteiger partial charge in [-0.25, -0.2) is 0 Å². The van der Waals surface area contributed by atoms with Crippen LogP contribution in [-0.4, -0.2) is 83.1 Å². The molecule has 0 aliphatic heterocycles. The Kier molecular flexibility index (Phi) is 38.4. The van der Waals surface area contributed by atoms with E-state index in [1.165, 1.54) is 6.92 Å². The largest absolute Gasteiger partial charge is 0.481 e. The fourth-order valence-electron chi connectivity index (χ4n) is 0.530. The molecule has 0 aromatic heterocycles. The van der Waals surface area contributed by atoms with Gasteiger partial charge in [-0.2, -0.15) is 0 Å². The lowest BCUT2D eigenvalue weighted by atomic mass is 10.5. The predicted molar refractivity (Wildman–Crippen MR) is 98.8 cm³/mol. The second-order valence-electron chi connectivity index (χ2n) is 4.49. The zero-order valence-corrected chi connectivity index (χ0v) is 16.5. The number of aliphatic hydroxyl groups excluding tert-OH is 1. The van der Waals surface area contributed by atoms with E-state index in [2.05, 4.69) is 4.74 Å². The van der Waals surface area contributed by atoms with Crippen molar-refractivity contribution in [3.63, 3.8) is 0 Å². The molecule has 12 N–H and O–H groups in total. The van der Waals surface area contributed by atoms with Crippen molar-refractivity contribution >= 4 is 23.9 Å². The number of hydrogen-bond donors (Lipinski definition) is 8. The first-order chi connectivity index (χ1) is 12.6. The molecule has 28 heavy (non-hydrogen) atoms. The predicted octanol–water partition coefficient (Wildman–Crippen LogP) is -2.70. The molecule has 0 unspecified atom stereocenters. The Labute approximate surface area is 163 Å². The zero-order chi connectivity index (χ0) is 23.7. The molecule has 0 saturated carbocycles. The van der Waals surface area contributed by atoms with E-state index in [-0.39, 0.29) is 19.2 Å². The highest BCUT2D eigenvalue weighted by Crippen LogP contribution is 1.74. The first kappa shape index (κ1) is 36.5. The molecular weight excluding hydrogens is 384 g/mol. The van der Waals surface area contributed by atoms with Crippen LogP contribution in [0.25, 0.3) is 0 Å². The van der Waals surface area contributed by atoms with E-state index < -0.39 is 30.2 Å². The van der Waals surface area contributed by atoms with E-state index >= 15 is 0 Å². The second-order valence-corrected chi connectivity index (χ2v) is 4.49. The van der Waals surface area contributed by atoms with Gasteiger partial charge in [-0.1, -0.05) is 0 Å². The van der Waals surface area contributed by atoms with Crippen LogP contribution in [-0.2, 0) is 28.7 Å². The number of hydrogen-bond acceptors (Lipinski definition) is 11. The first-order valence-electron chi connectivity index (χ1n) is 7.52. The van der Waals surface area contributed by atoms with Crippen LogP contribution in [0.15, 0.2) is 0 Å². The van der Waals surface area contributed by atoms with E-state index in [1.54, 1.807) is 0 Å². The van der Waals surface area contributed by atoms with Crippen molar-refractivity contribution in [3.8, 4) is 0 Å². The lowest BCUT2D eigenvalue weighted by Gasteiger charge is -2.08. The highest BCUT2D eigenvalue weighted by molar-refractivity contribution is 5.65. The number of esters is 1. The molecule has 0 aromatic rings. The summed E-state index contributed by atoms with van der Waals surface area (Å²) in [5.41, 5.74) is 20.6. The Morgan fingerprint density at radius 1 is 0.750 bits per heavy atom. The standard InChI is InChI=1S/C4H14N4O.C4H8O3.3C2H4O2/c5-3(6)1-9-2-4(7)8;1-4(6)7-3-2-5;3*1-2(3)4/h3-4H,1-2,5-8H2;5H,2-3H2,1H3;3*1H3,(H,3,4). The fraction of sp³-hybridized carbons (Fsp3) is 0.714. The van der Waals surface area contributed by atoms with Gasteiger partial charge in [0.05, 0.1) is 32.2 Å². The number of ether oxygens (including phenoxy) is 2. The van der Waals surface area contributed by atoms with Crippen LogP contribution in [0.1, 0.15) is 27.7 Å². The Morgan fingerprint density at radius 2 is 1.00 bits per heavy atom. The number of carbonyl (C=O) groups excluding carboxylic acids is 1. The Bertz CT molecular complexity index is 344. The summed E-state index contributed by atoms with van der Waals surface area (Å²) >= 11 is 0. The van der Waals surface area contributed by atoms with E-state index in [9.17, 15) is 4.79 Å². The molecule has 0 rings (SSSR count). The smallest absolute Gasteiger partial charge is 0.302 e. The number of carboxylic acids is 3. The van der Waals surface area contributed by atoms with Crippen LogP contribution >= 0.6 is 0 Å². The van der Waals surface area contributed by atoms with E-state index in [0.717, 1.165) is 20.8 Å². The van der Waals surface area contributed by atoms with E-state index in [0.29, 0.717) is 13.2 Å². The summed E-state index contributed by atoms with van der Waals surface area (Å²) in [5, 5.41) is 30.3. The lowest BCUT2D eigenvalue weighted by Crippen LogP contribution is -2.40. The van der Waals surface area contributed by atoms with Crippen molar-refractivity contribution < 1.29 is 49.1 Å². The summed E-state index contributed by atoms with van der Waals surface area (Å²) in [7, 11) is 0. The molecule has 0 saturated heterocycles. The molecule has 170 valence electrons. The molecule has 0 aliphatic carbocycles. The quantitative estimate of drug-likeness (QED) is 0.161. The van der Waals surface area contributed by atoms with Crippen LogP contribution in [0.4, 0.5) is 0 Å². The molecule has 0 fully saturated rings. The molecule has 0 bridgehead atoms. The van der Waals surface area contributed by atoms with Crippen LogP contribution in [0.5, 0.6) is 0 Å². The number of carbonyl (C=O) groups is 4. The maximum absolute atomic E-state index is 9.87. The third kappa shape index (κ3) is 208. The van der Waals surface area contributed by atoms with Crippen molar-refractivity contribution in [2.75, 3.05) is 26.4 Å². The van der Waals surface area contributed by atoms with Crippen molar-refractivity contribution in [3.05, 3.63) is 0 Å². The van der Waals surface area contributed by atoms with E-state index in [4.69, 9.17) is 62.5 Å². The molecule has 0 spiro atoms. The van der Waals surface area contributed by atoms with Gasteiger partial charge < -0.3 is 52.8 Å². The Morgan fingerprint density at radius 3 is 1.11 bits per heavy atom. The van der Waals surface area contributed by atoms with Gasteiger partial charge in [0.1, 0.15) is 6.61 Å². The number of carboxylic acid groups (broad SMARTS) is 3. The Balaban J connectivity index is -0.0000000829. The van der Waals surface area contributed by atoms with Crippen molar-refractivity contribution in [2.24, 2.45) is 22.9 Å². The van der Waals surface area contributed by atoms with Crippen LogP contribution in [0.3, 0.4) is 0 Å². The average Bonchev–Trinajstić information content (AvgIpc) is 2.43. The van der Waals surface area contributed by atoms with Gasteiger partial charge in [0.2, 0.25) is 0 Å². The lowest BCUT2D eigenvalue weighted by molar-refractivity contribution is -0.142. The second kappa shape index (κ2) is 29.4. The van der Waals surface area contributed by atoms with Gasteiger partial charge in [0, 0.05) is 27.7 Å². The minimum atomic E-state index is -0.833. The molecule has 0 aliphatic rings. The van der Waals surface area contributed by atoms with Gasteiger partial charge in [0.15, 0.2) is 0 Å². The number of aliphatic carboxylic acids is 3. The van der Waals surface area contributed by atoms with Gasteiger partial charge in [-0.3, -0.25) is 19.2 Å². The summed E-state index contributed by atoms with van der Waals surface area (Å²) in [6, 6.07) is 0. The topological polar surface area (TPSA) is 272 Å². The van der Waals surface area contributed by atoms with E-state index in [1.807, 2.05) is 0 Å². The summed E-state index contributed by atoms with van der Waals surface area (Å²) in [5.74, 6) is -2.85. The fourth-order valence-corrected chi connectivity index (χ4v) is 0.530. The maximum Gasteiger partial charge on any atom is 0.302 e. The molecule has 0 aromatic carbocycles. The molecular formula is C14H34N4O10. The maximum atomic E-state index is 9.87. The average molecular weight is 418 g/mol.